The summed E-state index contributed by atoms with van der Waals surface area (Å²) in [5.74, 6) is -0.935. The maximum absolute atomic E-state index is 11.6. The molecule has 3 N–H and O–H groups in total. The van der Waals surface area contributed by atoms with Crippen molar-refractivity contribution in [2.45, 2.75) is 6.04 Å². The number of anilines is 1. The number of fused-ring (bicyclic) bond motifs is 1. The summed E-state index contributed by atoms with van der Waals surface area (Å²) >= 11 is 3.40. The summed E-state index contributed by atoms with van der Waals surface area (Å²) in [7, 11) is 1.26. The standard InChI is InChI=1S/C12H10BrN5O3/c1-21-12(20)10-15-4-18(17-10)8-3-7-5(2-6(8)13)9(14)11(19)16-7/h2-4,9H,14H2,1H3,(H,16,19). The largest absolute Gasteiger partial charge is 0.463 e. The zero-order chi connectivity index (χ0) is 15.1. The van der Waals surface area contributed by atoms with E-state index in [1.807, 2.05) is 0 Å². The quantitative estimate of drug-likeness (QED) is 0.772. The van der Waals surface area contributed by atoms with Crippen LogP contribution in [0.1, 0.15) is 22.2 Å². The van der Waals surface area contributed by atoms with Crippen LogP contribution in [-0.2, 0) is 9.53 Å². The minimum absolute atomic E-state index is 0.0503. The lowest BCUT2D eigenvalue weighted by Gasteiger charge is -2.08. The summed E-state index contributed by atoms with van der Waals surface area (Å²) in [5.41, 5.74) is 7.71. The summed E-state index contributed by atoms with van der Waals surface area (Å²) < 4.78 is 6.64. The molecule has 1 unspecified atom stereocenters. The Bertz CT molecular complexity index is 757. The van der Waals surface area contributed by atoms with Gasteiger partial charge in [0.2, 0.25) is 5.91 Å². The summed E-state index contributed by atoms with van der Waals surface area (Å²) in [6.45, 7) is 0. The molecule has 1 atom stereocenters. The number of nitrogens with zero attached hydrogens (tertiary/aromatic N) is 3. The highest BCUT2D eigenvalue weighted by molar-refractivity contribution is 9.10. The number of ether oxygens (including phenoxy) is 1. The van der Waals surface area contributed by atoms with Crippen LogP contribution in [0.4, 0.5) is 5.69 Å². The van der Waals surface area contributed by atoms with E-state index >= 15 is 0 Å². The van der Waals surface area contributed by atoms with Crippen molar-refractivity contribution in [3.05, 3.63) is 34.3 Å². The topological polar surface area (TPSA) is 112 Å². The van der Waals surface area contributed by atoms with Crippen LogP contribution in [0.5, 0.6) is 0 Å². The lowest BCUT2D eigenvalue weighted by Crippen LogP contribution is -2.19. The van der Waals surface area contributed by atoms with Crippen molar-refractivity contribution >= 4 is 33.5 Å². The number of methoxy groups -OCH3 is 1. The summed E-state index contributed by atoms with van der Waals surface area (Å²) in [6, 6.07) is 2.76. The molecule has 1 aromatic heterocycles. The minimum Gasteiger partial charge on any atom is -0.463 e. The van der Waals surface area contributed by atoms with Gasteiger partial charge in [0.25, 0.3) is 5.82 Å². The lowest BCUT2D eigenvalue weighted by molar-refractivity contribution is -0.116. The molecule has 1 amide bonds. The van der Waals surface area contributed by atoms with E-state index in [2.05, 4.69) is 36.1 Å². The molecule has 8 nitrogen and oxygen atoms in total. The summed E-state index contributed by atoms with van der Waals surface area (Å²) in [4.78, 5) is 26.8. The number of rotatable bonds is 2. The highest BCUT2D eigenvalue weighted by atomic mass is 79.9. The third-order valence-electron chi connectivity index (χ3n) is 3.10. The van der Waals surface area contributed by atoms with E-state index in [4.69, 9.17) is 5.73 Å². The van der Waals surface area contributed by atoms with Crippen LogP contribution in [0, 0.1) is 0 Å². The zero-order valence-corrected chi connectivity index (χ0v) is 12.4. The van der Waals surface area contributed by atoms with Crippen LogP contribution in [0.15, 0.2) is 22.9 Å². The van der Waals surface area contributed by atoms with Gasteiger partial charge in [0, 0.05) is 15.7 Å². The number of carbonyl (C=O) groups excluding carboxylic acids is 2. The normalized spacial score (nSPS) is 16.5. The van der Waals surface area contributed by atoms with Gasteiger partial charge in [-0.1, -0.05) is 0 Å². The molecule has 21 heavy (non-hydrogen) atoms. The number of carbonyl (C=O) groups is 2. The van der Waals surface area contributed by atoms with Crippen LogP contribution in [0.2, 0.25) is 0 Å². The monoisotopic (exact) mass is 351 g/mol. The number of esters is 1. The molecule has 0 saturated heterocycles. The molecule has 1 aliphatic rings. The molecule has 0 saturated carbocycles. The Balaban J connectivity index is 2.04. The Morgan fingerprint density at radius 1 is 1.52 bits per heavy atom. The van der Waals surface area contributed by atoms with E-state index in [0.717, 1.165) is 0 Å². The average Bonchev–Trinajstić information content (AvgIpc) is 3.05. The van der Waals surface area contributed by atoms with E-state index in [9.17, 15) is 9.59 Å². The van der Waals surface area contributed by atoms with Crippen molar-refractivity contribution in [2.75, 3.05) is 12.4 Å². The molecular formula is C12H10BrN5O3. The first-order chi connectivity index (χ1) is 10.0. The third-order valence-corrected chi connectivity index (χ3v) is 3.74. The molecule has 0 bridgehead atoms. The van der Waals surface area contributed by atoms with Gasteiger partial charge in [-0.25, -0.2) is 14.5 Å². The van der Waals surface area contributed by atoms with Crippen LogP contribution >= 0.6 is 15.9 Å². The van der Waals surface area contributed by atoms with Crippen molar-refractivity contribution in [1.82, 2.24) is 14.8 Å². The molecule has 0 fully saturated rings. The summed E-state index contributed by atoms with van der Waals surface area (Å²) in [6.07, 6.45) is 1.38. The van der Waals surface area contributed by atoms with Crippen molar-refractivity contribution in [3.63, 3.8) is 0 Å². The van der Waals surface area contributed by atoms with E-state index < -0.39 is 12.0 Å². The molecule has 0 aliphatic carbocycles. The first-order valence-electron chi connectivity index (χ1n) is 5.91. The highest BCUT2D eigenvalue weighted by Gasteiger charge is 2.28. The van der Waals surface area contributed by atoms with Crippen molar-refractivity contribution < 1.29 is 14.3 Å². The van der Waals surface area contributed by atoms with E-state index in [0.29, 0.717) is 21.4 Å². The van der Waals surface area contributed by atoms with Gasteiger partial charge in [0.1, 0.15) is 12.4 Å². The smallest absolute Gasteiger partial charge is 0.377 e. The second-order valence-corrected chi connectivity index (χ2v) is 5.22. The van der Waals surface area contributed by atoms with Crippen molar-refractivity contribution in [2.24, 2.45) is 5.73 Å². The Morgan fingerprint density at radius 2 is 2.29 bits per heavy atom. The van der Waals surface area contributed by atoms with Crippen LogP contribution < -0.4 is 11.1 Å². The van der Waals surface area contributed by atoms with Gasteiger partial charge in [-0.05, 0) is 28.1 Å². The number of amides is 1. The fraction of sp³-hybridized carbons (Fsp3) is 0.167. The molecule has 2 aromatic rings. The first-order valence-corrected chi connectivity index (χ1v) is 6.71. The molecule has 3 rings (SSSR count). The molecule has 9 heteroatoms. The predicted molar refractivity (Wildman–Crippen MR) is 76.0 cm³/mol. The Morgan fingerprint density at radius 3 is 3.00 bits per heavy atom. The van der Waals surface area contributed by atoms with Gasteiger partial charge in [0.05, 0.1) is 12.8 Å². The average molecular weight is 352 g/mol. The van der Waals surface area contributed by atoms with Crippen LogP contribution in [-0.4, -0.2) is 33.8 Å². The molecule has 0 spiro atoms. The predicted octanol–water partition coefficient (Wildman–Crippen LogP) is 0.768. The fourth-order valence-electron chi connectivity index (χ4n) is 2.03. The highest BCUT2D eigenvalue weighted by Crippen LogP contribution is 2.35. The molecular weight excluding hydrogens is 342 g/mol. The van der Waals surface area contributed by atoms with Crippen LogP contribution in [0.25, 0.3) is 5.69 Å². The number of benzene rings is 1. The first kappa shape index (κ1) is 13.7. The zero-order valence-electron chi connectivity index (χ0n) is 10.8. The van der Waals surface area contributed by atoms with Gasteiger partial charge >= 0.3 is 5.97 Å². The number of nitrogens with one attached hydrogen (secondary N) is 1. The summed E-state index contributed by atoms with van der Waals surface area (Å²) in [5, 5.41) is 6.72. The SMILES string of the molecule is COC(=O)c1ncn(-c2cc3c(cc2Br)C(N)C(=O)N3)n1. The van der Waals surface area contributed by atoms with Gasteiger partial charge in [-0.3, -0.25) is 4.79 Å². The molecule has 1 aromatic carbocycles. The second kappa shape index (κ2) is 4.93. The molecule has 2 heterocycles. The van der Waals surface area contributed by atoms with Gasteiger partial charge in [0.15, 0.2) is 0 Å². The maximum atomic E-state index is 11.6. The number of nitrogens with two attached hydrogens (primary N) is 1. The maximum Gasteiger partial charge on any atom is 0.377 e. The van der Waals surface area contributed by atoms with Gasteiger partial charge < -0.3 is 15.8 Å². The lowest BCUT2D eigenvalue weighted by atomic mass is 10.1. The van der Waals surface area contributed by atoms with Gasteiger partial charge in [-0.2, -0.15) is 0 Å². The number of aromatic nitrogens is 3. The Labute approximate surface area is 127 Å². The van der Waals surface area contributed by atoms with Crippen LogP contribution in [0.3, 0.4) is 0 Å². The number of hydrogen-bond acceptors (Lipinski definition) is 6. The van der Waals surface area contributed by atoms with E-state index in [-0.39, 0.29) is 11.7 Å². The Kier molecular flexibility index (Phi) is 3.22. The Hall–Kier alpha value is -2.26. The fourth-order valence-corrected chi connectivity index (χ4v) is 2.58. The van der Waals surface area contributed by atoms with E-state index in [1.54, 1.807) is 12.1 Å². The molecule has 108 valence electrons. The van der Waals surface area contributed by atoms with Crippen molar-refractivity contribution in [1.29, 1.82) is 0 Å². The number of hydrogen-bond donors (Lipinski definition) is 2. The van der Waals surface area contributed by atoms with Gasteiger partial charge in [-0.15, -0.1) is 5.10 Å². The van der Waals surface area contributed by atoms with E-state index in [1.165, 1.54) is 18.1 Å². The number of halogens is 1. The third kappa shape index (κ3) is 2.20. The van der Waals surface area contributed by atoms with Crippen molar-refractivity contribution in [3.8, 4) is 5.69 Å². The minimum atomic E-state index is -0.688. The second-order valence-electron chi connectivity index (χ2n) is 4.36. The molecule has 1 aliphatic heterocycles. The molecule has 0 radical (unpaired) electrons.